The quantitative estimate of drug-likeness (QED) is 0.603. The highest BCUT2D eigenvalue weighted by Gasteiger charge is 2.12. The number of pyridine rings is 1. The normalized spacial score (nSPS) is 10.2. The molecule has 0 radical (unpaired) electrons. The molecule has 0 aliphatic carbocycles. The Balaban J connectivity index is 1.71. The van der Waals surface area contributed by atoms with Crippen LogP contribution in [0.1, 0.15) is 15.9 Å². The van der Waals surface area contributed by atoms with Crippen molar-refractivity contribution in [2.24, 2.45) is 0 Å². The van der Waals surface area contributed by atoms with E-state index in [2.05, 4.69) is 15.6 Å². The molecule has 3 rings (SSSR count). The molecule has 1 heterocycles. The molecule has 29 heavy (non-hydrogen) atoms. The standard InChI is InChI=1S/C22H23N3O4/c1-27-18-8-9-19(21(11-18)29-3)25-22(26)16-10-17(14-23-12-16)24-13-15-6-4-5-7-20(15)28-2/h4-12,14,24H,13H2,1-3H3,(H,25,26). The largest absolute Gasteiger partial charge is 0.497 e. The number of anilines is 2. The Morgan fingerprint density at radius 1 is 0.931 bits per heavy atom. The molecule has 2 N–H and O–H groups in total. The van der Waals surface area contributed by atoms with Gasteiger partial charge in [-0.15, -0.1) is 0 Å². The third-order valence-electron chi connectivity index (χ3n) is 4.33. The maximum absolute atomic E-state index is 12.7. The van der Waals surface area contributed by atoms with E-state index in [0.29, 0.717) is 29.3 Å². The number of carbonyl (C=O) groups excluding carboxylic acids is 1. The van der Waals surface area contributed by atoms with E-state index in [1.54, 1.807) is 44.7 Å². The van der Waals surface area contributed by atoms with Crippen LogP contribution in [-0.4, -0.2) is 32.2 Å². The maximum Gasteiger partial charge on any atom is 0.257 e. The number of carbonyl (C=O) groups is 1. The molecule has 1 aromatic heterocycles. The molecule has 7 nitrogen and oxygen atoms in total. The summed E-state index contributed by atoms with van der Waals surface area (Å²) in [5.41, 5.74) is 2.71. The molecule has 0 spiro atoms. The van der Waals surface area contributed by atoms with Gasteiger partial charge in [0.15, 0.2) is 0 Å². The van der Waals surface area contributed by atoms with Gasteiger partial charge in [0.2, 0.25) is 0 Å². The lowest BCUT2D eigenvalue weighted by Gasteiger charge is -2.13. The molecule has 0 fully saturated rings. The van der Waals surface area contributed by atoms with Gasteiger partial charge < -0.3 is 24.8 Å². The first-order valence-corrected chi connectivity index (χ1v) is 8.98. The number of aromatic nitrogens is 1. The lowest BCUT2D eigenvalue weighted by molar-refractivity contribution is 0.102. The second-order valence-electron chi connectivity index (χ2n) is 6.15. The van der Waals surface area contributed by atoms with Crippen molar-refractivity contribution in [2.45, 2.75) is 6.54 Å². The SMILES string of the molecule is COc1ccc(NC(=O)c2cncc(NCc3ccccc3OC)c2)c(OC)c1. The van der Waals surface area contributed by atoms with Crippen LogP contribution in [0, 0.1) is 0 Å². The molecular formula is C22H23N3O4. The lowest BCUT2D eigenvalue weighted by Crippen LogP contribution is -2.13. The van der Waals surface area contributed by atoms with Crippen LogP contribution >= 0.6 is 0 Å². The number of hydrogen-bond donors (Lipinski definition) is 2. The number of hydrogen-bond acceptors (Lipinski definition) is 6. The van der Waals surface area contributed by atoms with Crippen LogP contribution in [0.4, 0.5) is 11.4 Å². The van der Waals surface area contributed by atoms with Gasteiger partial charge in [0.25, 0.3) is 5.91 Å². The van der Waals surface area contributed by atoms with Gasteiger partial charge in [-0.25, -0.2) is 0 Å². The first-order chi connectivity index (χ1) is 14.1. The maximum atomic E-state index is 12.7. The fourth-order valence-corrected chi connectivity index (χ4v) is 2.80. The molecule has 0 saturated carbocycles. The van der Waals surface area contributed by atoms with E-state index in [4.69, 9.17) is 14.2 Å². The van der Waals surface area contributed by atoms with Gasteiger partial charge in [0.05, 0.1) is 38.3 Å². The molecule has 0 atom stereocenters. The zero-order valence-electron chi connectivity index (χ0n) is 16.6. The molecule has 3 aromatic rings. The summed E-state index contributed by atoms with van der Waals surface area (Å²) in [6.07, 6.45) is 3.18. The van der Waals surface area contributed by atoms with Gasteiger partial charge in [-0.1, -0.05) is 18.2 Å². The van der Waals surface area contributed by atoms with Gasteiger partial charge in [-0.3, -0.25) is 9.78 Å². The smallest absolute Gasteiger partial charge is 0.257 e. The number of amides is 1. The highest BCUT2D eigenvalue weighted by molar-refractivity contribution is 6.05. The third-order valence-corrected chi connectivity index (χ3v) is 4.33. The van der Waals surface area contributed by atoms with Crippen LogP contribution in [-0.2, 0) is 6.54 Å². The molecular weight excluding hydrogens is 370 g/mol. The molecule has 0 unspecified atom stereocenters. The molecule has 0 saturated heterocycles. The van der Waals surface area contributed by atoms with Crippen LogP contribution < -0.4 is 24.8 Å². The Bertz CT molecular complexity index is 991. The average molecular weight is 393 g/mol. The van der Waals surface area contributed by atoms with Crippen molar-refractivity contribution in [1.82, 2.24) is 4.98 Å². The molecule has 1 amide bonds. The highest BCUT2D eigenvalue weighted by Crippen LogP contribution is 2.29. The van der Waals surface area contributed by atoms with E-state index in [0.717, 1.165) is 17.0 Å². The summed E-state index contributed by atoms with van der Waals surface area (Å²) < 4.78 is 15.9. The molecule has 0 bridgehead atoms. The van der Waals surface area contributed by atoms with E-state index in [1.807, 2.05) is 24.3 Å². The first-order valence-electron chi connectivity index (χ1n) is 8.98. The molecule has 150 valence electrons. The number of methoxy groups -OCH3 is 3. The van der Waals surface area contributed by atoms with E-state index < -0.39 is 0 Å². The summed E-state index contributed by atoms with van der Waals surface area (Å²) in [5, 5.41) is 6.11. The Hall–Kier alpha value is -3.74. The van der Waals surface area contributed by atoms with Crippen LogP contribution in [0.3, 0.4) is 0 Å². The first kappa shape index (κ1) is 20.0. The summed E-state index contributed by atoms with van der Waals surface area (Å²) in [7, 11) is 4.75. The van der Waals surface area contributed by atoms with E-state index in [1.165, 1.54) is 13.3 Å². The number of para-hydroxylation sites is 1. The Labute approximate surface area is 169 Å². The fraction of sp³-hybridized carbons (Fsp3) is 0.182. The van der Waals surface area contributed by atoms with Crippen molar-refractivity contribution < 1.29 is 19.0 Å². The predicted octanol–water partition coefficient (Wildman–Crippen LogP) is 3.97. The number of rotatable bonds is 8. The second kappa shape index (κ2) is 9.45. The van der Waals surface area contributed by atoms with Gasteiger partial charge in [-0.05, 0) is 24.3 Å². The van der Waals surface area contributed by atoms with Crippen molar-refractivity contribution in [3.63, 3.8) is 0 Å². The number of nitrogens with one attached hydrogen (secondary N) is 2. The van der Waals surface area contributed by atoms with E-state index in [9.17, 15) is 4.79 Å². The second-order valence-corrected chi connectivity index (χ2v) is 6.15. The van der Waals surface area contributed by atoms with Crippen molar-refractivity contribution in [2.75, 3.05) is 32.0 Å². The summed E-state index contributed by atoms with van der Waals surface area (Å²) in [5.74, 6) is 1.66. The topological polar surface area (TPSA) is 81.7 Å². The summed E-state index contributed by atoms with van der Waals surface area (Å²) in [6.45, 7) is 0.545. The van der Waals surface area contributed by atoms with Crippen molar-refractivity contribution >= 4 is 17.3 Å². The number of nitrogens with zero attached hydrogens (tertiary/aromatic N) is 1. The predicted molar refractivity (Wildman–Crippen MR) is 112 cm³/mol. The molecule has 7 heteroatoms. The minimum Gasteiger partial charge on any atom is -0.497 e. The van der Waals surface area contributed by atoms with Gasteiger partial charge in [0.1, 0.15) is 17.2 Å². The summed E-state index contributed by atoms with van der Waals surface area (Å²) >= 11 is 0. The summed E-state index contributed by atoms with van der Waals surface area (Å²) in [6, 6.07) is 14.7. The highest BCUT2D eigenvalue weighted by atomic mass is 16.5. The van der Waals surface area contributed by atoms with E-state index in [-0.39, 0.29) is 5.91 Å². The molecule has 0 aliphatic heterocycles. The minimum atomic E-state index is -0.290. The fourth-order valence-electron chi connectivity index (χ4n) is 2.80. The zero-order chi connectivity index (χ0) is 20.6. The van der Waals surface area contributed by atoms with Gasteiger partial charge in [0, 0.05) is 30.6 Å². The Morgan fingerprint density at radius 3 is 2.48 bits per heavy atom. The average Bonchev–Trinajstić information content (AvgIpc) is 2.78. The lowest BCUT2D eigenvalue weighted by atomic mass is 10.2. The van der Waals surface area contributed by atoms with Crippen molar-refractivity contribution in [3.8, 4) is 17.2 Å². The summed E-state index contributed by atoms with van der Waals surface area (Å²) in [4.78, 5) is 16.8. The molecule has 2 aromatic carbocycles. The number of benzene rings is 2. The van der Waals surface area contributed by atoms with Crippen molar-refractivity contribution in [3.05, 3.63) is 72.1 Å². The minimum absolute atomic E-state index is 0.290. The molecule has 0 aliphatic rings. The van der Waals surface area contributed by atoms with Gasteiger partial charge >= 0.3 is 0 Å². The van der Waals surface area contributed by atoms with Crippen LogP contribution in [0.15, 0.2) is 60.9 Å². The monoisotopic (exact) mass is 393 g/mol. The van der Waals surface area contributed by atoms with Crippen LogP contribution in [0.2, 0.25) is 0 Å². The van der Waals surface area contributed by atoms with Gasteiger partial charge in [-0.2, -0.15) is 0 Å². The zero-order valence-corrected chi connectivity index (χ0v) is 16.6. The van der Waals surface area contributed by atoms with Crippen LogP contribution in [0.25, 0.3) is 0 Å². The Morgan fingerprint density at radius 2 is 1.72 bits per heavy atom. The number of ether oxygens (including phenoxy) is 3. The van der Waals surface area contributed by atoms with Crippen LogP contribution in [0.5, 0.6) is 17.2 Å². The third kappa shape index (κ3) is 4.95. The van der Waals surface area contributed by atoms with E-state index >= 15 is 0 Å². The van der Waals surface area contributed by atoms with Crippen molar-refractivity contribution in [1.29, 1.82) is 0 Å². The Kier molecular flexibility index (Phi) is 6.52.